The van der Waals surface area contributed by atoms with Crippen molar-refractivity contribution >= 4 is 23.3 Å². The van der Waals surface area contributed by atoms with Crippen LogP contribution in [0.2, 0.25) is 5.02 Å². The lowest BCUT2D eigenvalue weighted by Gasteiger charge is -2.08. The molecule has 0 saturated carbocycles. The fraction of sp³-hybridized carbons (Fsp3) is 0.214. The molecule has 0 saturated heterocycles. The molecule has 0 bridgehead atoms. The summed E-state index contributed by atoms with van der Waals surface area (Å²) in [5.74, 6) is 1.49. The number of fused-ring (bicyclic) bond motifs is 1. The number of esters is 1. The van der Waals surface area contributed by atoms with Crippen LogP contribution >= 0.6 is 11.6 Å². The van der Waals surface area contributed by atoms with Gasteiger partial charge in [0.05, 0.1) is 24.4 Å². The Bertz CT molecular complexity index is 682. The molecule has 6 nitrogen and oxygen atoms in total. The smallest absolute Gasteiger partial charge is 0.373 e. The van der Waals surface area contributed by atoms with E-state index in [9.17, 15) is 4.79 Å². The quantitative estimate of drug-likeness (QED) is 0.875. The van der Waals surface area contributed by atoms with Gasteiger partial charge in [0.25, 0.3) is 0 Å². The molecule has 0 aliphatic carbocycles. The molecular weight excluding hydrogens is 298 g/mol. The van der Waals surface area contributed by atoms with E-state index in [0.29, 0.717) is 34.5 Å². The highest BCUT2D eigenvalue weighted by Gasteiger charge is 2.17. The summed E-state index contributed by atoms with van der Waals surface area (Å²) < 4.78 is 20.5. The van der Waals surface area contributed by atoms with Gasteiger partial charge in [-0.3, -0.25) is 0 Å². The van der Waals surface area contributed by atoms with Gasteiger partial charge in [-0.2, -0.15) is 0 Å². The Morgan fingerprint density at radius 2 is 2.10 bits per heavy atom. The number of hydrogen-bond acceptors (Lipinski definition) is 6. The normalized spacial score (nSPS) is 12.3. The van der Waals surface area contributed by atoms with Crippen molar-refractivity contribution in [2.75, 3.05) is 19.2 Å². The number of halogens is 1. The zero-order valence-electron chi connectivity index (χ0n) is 11.1. The standard InChI is InChI=1S/C14H12ClNO5/c1-18-14(17)11-3-2-8(21-11)6-16-10-5-13-12(4-9(10)15)19-7-20-13/h2-5,16H,6-7H2,1H3. The van der Waals surface area contributed by atoms with E-state index in [2.05, 4.69) is 10.1 Å². The number of methoxy groups -OCH3 is 1. The van der Waals surface area contributed by atoms with Gasteiger partial charge in [-0.25, -0.2) is 4.79 Å². The summed E-state index contributed by atoms with van der Waals surface area (Å²) in [6.07, 6.45) is 0. The van der Waals surface area contributed by atoms with E-state index in [1.165, 1.54) is 7.11 Å². The third-order valence-electron chi connectivity index (χ3n) is 2.96. The summed E-state index contributed by atoms with van der Waals surface area (Å²) in [6.45, 7) is 0.562. The summed E-state index contributed by atoms with van der Waals surface area (Å²) >= 11 is 6.15. The van der Waals surface area contributed by atoms with E-state index in [1.807, 2.05) is 0 Å². The minimum Gasteiger partial charge on any atom is -0.463 e. The van der Waals surface area contributed by atoms with Crippen molar-refractivity contribution in [2.24, 2.45) is 0 Å². The minimum absolute atomic E-state index is 0.158. The molecule has 0 atom stereocenters. The number of nitrogens with one attached hydrogen (secondary N) is 1. The number of ether oxygens (including phenoxy) is 3. The number of carbonyl (C=O) groups excluding carboxylic acids is 1. The first kappa shape index (κ1) is 13.6. The number of hydrogen-bond donors (Lipinski definition) is 1. The Labute approximate surface area is 125 Å². The maximum Gasteiger partial charge on any atom is 0.373 e. The Kier molecular flexibility index (Phi) is 3.62. The van der Waals surface area contributed by atoms with Crippen LogP contribution in [0.1, 0.15) is 16.3 Å². The average molecular weight is 310 g/mol. The largest absolute Gasteiger partial charge is 0.463 e. The first-order valence-electron chi connectivity index (χ1n) is 6.17. The first-order valence-corrected chi connectivity index (χ1v) is 6.55. The lowest BCUT2D eigenvalue weighted by Crippen LogP contribution is -2.00. The maximum atomic E-state index is 11.3. The van der Waals surface area contributed by atoms with Crippen LogP contribution in [0.5, 0.6) is 11.5 Å². The molecule has 3 rings (SSSR count). The van der Waals surface area contributed by atoms with E-state index < -0.39 is 5.97 Å². The first-order chi connectivity index (χ1) is 10.2. The number of rotatable bonds is 4. The molecule has 0 spiro atoms. The Balaban J connectivity index is 1.70. The van der Waals surface area contributed by atoms with Gasteiger partial charge in [-0.15, -0.1) is 0 Å². The van der Waals surface area contributed by atoms with Crippen LogP contribution in [0.4, 0.5) is 5.69 Å². The fourth-order valence-corrected chi connectivity index (χ4v) is 2.14. The van der Waals surface area contributed by atoms with Crippen molar-refractivity contribution in [1.82, 2.24) is 0 Å². The SMILES string of the molecule is COC(=O)c1ccc(CNc2cc3c(cc2Cl)OCO3)o1. The van der Waals surface area contributed by atoms with E-state index in [4.69, 9.17) is 25.5 Å². The van der Waals surface area contributed by atoms with E-state index >= 15 is 0 Å². The van der Waals surface area contributed by atoms with Crippen molar-refractivity contribution < 1.29 is 23.4 Å². The van der Waals surface area contributed by atoms with Crippen LogP contribution < -0.4 is 14.8 Å². The van der Waals surface area contributed by atoms with Crippen molar-refractivity contribution in [2.45, 2.75) is 6.54 Å². The molecule has 0 fully saturated rings. The second kappa shape index (κ2) is 5.57. The lowest BCUT2D eigenvalue weighted by molar-refractivity contribution is 0.0563. The average Bonchev–Trinajstić information content (AvgIpc) is 3.12. The Morgan fingerprint density at radius 3 is 2.86 bits per heavy atom. The molecule has 1 N–H and O–H groups in total. The Morgan fingerprint density at radius 1 is 1.33 bits per heavy atom. The van der Waals surface area contributed by atoms with Gasteiger partial charge in [-0.1, -0.05) is 11.6 Å². The summed E-state index contributed by atoms with van der Waals surface area (Å²) in [5, 5.41) is 3.63. The third kappa shape index (κ3) is 2.75. The molecule has 1 aliphatic rings. The molecule has 0 amide bonds. The van der Waals surface area contributed by atoms with Gasteiger partial charge in [0.15, 0.2) is 11.5 Å². The summed E-state index contributed by atoms with van der Waals surface area (Å²) in [5.41, 5.74) is 0.692. The fourth-order valence-electron chi connectivity index (χ4n) is 1.92. The van der Waals surface area contributed by atoms with E-state index in [1.54, 1.807) is 24.3 Å². The topological polar surface area (TPSA) is 69.9 Å². The monoisotopic (exact) mass is 309 g/mol. The van der Waals surface area contributed by atoms with Gasteiger partial charge in [0.1, 0.15) is 5.76 Å². The number of anilines is 1. The minimum atomic E-state index is -0.512. The van der Waals surface area contributed by atoms with Crippen molar-refractivity contribution in [3.63, 3.8) is 0 Å². The maximum absolute atomic E-state index is 11.3. The molecule has 110 valence electrons. The predicted molar refractivity (Wildman–Crippen MR) is 74.9 cm³/mol. The molecule has 0 unspecified atom stereocenters. The number of furan rings is 1. The lowest BCUT2D eigenvalue weighted by atomic mass is 10.2. The van der Waals surface area contributed by atoms with Crippen molar-refractivity contribution in [1.29, 1.82) is 0 Å². The highest BCUT2D eigenvalue weighted by Crippen LogP contribution is 2.39. The van der Waals surface area contributed by atoms with Crippen LogP contribution in [0.25, 0.3) is 0 Å². The molecule has 1 aromatic heterocycles. The number of carbonyl (C=O) groups is 1. The van der Waals surface area contributed by atoms with Gasteiger partial charge in [0, 0.05) is 12.1 Å². The van der Waals surface area contributed by atoms with Crippen LogP contribution in [0, 0.1) is 0 Å². The summed E-state index contributed by atoms with van der Waals surface area (Å²) in [6, 6.07) is 6.70. The van der Waals surface area contributed by atoms with Crippen LogP contribution in [-0.2, 0) is 11.3 Å². The molecule has 2 heterocycles. The van der Waals surface area contributed by atoms with Crippen molar-refractivity contribution in [3.8, 4) is 11.5 Å². The molecule has 7 heteroatoms. The van der Waals surface area contributed by atoms with E-state index in [-0.39, 0.29) is 12.6 Å². The van der Waals surface area contributed by atoms with Gasteiger partial charge < -0.3 is 23.9 Å². The van der Waals surface area contributed by atoms with Crippen LogP contribution in [0.3, 0.4) is 0 Å². The zero-order chi connectivity index (χ0) is 14.8. The van der Waals surface area contributed by atoms with Crippen LogP contribution in [-0.4, -0.2) is 19.9 Å². The third-order valence-corrected chi connectivity index (χ3v) is 3.28. The highest BCUT2D eigenvalue weighted by atomic mass is 35.5. The van der Waals surface area contributed by atoms with E-state index in [0.717, 1.165) is 0 Å². The highest BCUT2D eigenvalue weighted by molar-refractivity contribution is 6.33. The summed E-state index contributed by atoms with van der Waals surface area (Å²) in [4.78, 5) is 11.3. The molecular formula is C14H12ClNO5. The molecule has 0 radical (unpaired) electrons. The van der Waals surface area contributed by atoms with Crippen LogP contribution in [0.15, 0.2) is 28.7 Å². The summed E-state index contributed by atoms with van der Waals surface area (Å²) in [7, 11) is 1.30. The Hall–Kier alpha value is -2.34. The zero-order valence-corrected chi connectivity index (χ0v) is 11.9. The van der Waals surface area contributed by atoms with Crippen molar-refractivity contribution in [3.05, 3.63) is 40.8 Å². The molecule has 2 aromatic rings. The molecule has 1 aromatic carbocycles. The second-order valence-electron chi connectivity index (χ2n) is 4.30. The molecule has 21 heavy (non-hydrogen) atoms. The van der Waals surface area contributed by atoms with Gasteiger partial charge in [0.2, 0.25) is 12.6 Å². The predicted octanol–water partition coefficient (Wildman–Crippen LogP) is 3.06. The molecule has 1 aliphatic heterocycles. The number of benzene rings is 1. The van der Waals surface area contributed by atoms with Gasteiger partial charge >= 0.3 is 5.97 Å². The second-order valence-corrected chi connectivity index (χ2v) is 4.70. The van der Waals surface area contributed by atoms with Gasteiger partial charge in [-0.05, 0) is 12.1 Å².